The van der Waals surface area contributed by atoms with E-state index in [2.05, 4.69) is 0 Å². The molecule has 0 rings (SSSR count). The van der Waals surface area contributed by atoms with Crippen LogP contribution in [0.2, 0.25) is 0 Å². The van der Waals surface area contributed by atoms with Crippen molar-refractivity contribution in [1.82, 2.24) is 4.90 Å². The summed E-state index contributed by atoms with van der Waals surface area (Å²) in [5.74, 6) is -0.789. The molecule has 0 unspecified atom stereocenters. The summed E-state index contributed by atoms with van der Waals surface area (Å²) in [7, 11) is 0. The summed E-state index contributed by atoms with van der Waals surface area (Å²) in [6.07, 6.45) is 2.43. The Morgan fingerprint density at radius 2 is 1.86 bits per heavy atom. The molecule has 14 heavy (non-hydrogen) atoms. The topological polar surface area (TPSA) is 57.6 Å². The first kappa shape index (κ1) is 12.9. The van der Waals surface area contributed by atoms with E-state index >= 15 is 0 Å². The maximum absolute atomic E-state index is 11.5. The standard InChI is InChI=1S/C10H19NO3/c1-3-5-6-9(12)11(4-2)8-7-10(13)14/h3-8H2,1-2H3,(H,13,14). The van der Waals surface area contributed by atoms with E-state index in [1.54, 1.807) is 4.90 Å². The first-order valence-electron chi connectivity index (χ1n) is 5.11. The van der Waals surface area contributed by atoms with Crippen molar-refractivity contribution < 1.29 is 14.7 Å². The molecule has 0 aliphatic rings. The zero-order valence-corrected chi connectivity index (χ0v) is 8.95. The van der Waals surface area contributed by atoms with Gasteiger partial charge in [-0.05, 0) is 13.3 Å². The van der Waals surface area contributed by atoms with Crippen molar-refractivity contribution in [2.75, 3.05) is 13.1 Å². The number of nitrogens with zero attached hydrogens (tertiary/aromatic N) is 1. The molecule has 0 fully saturated rings. The molecule has 82 valence electrons. The number of rotatable bonds is 7. The normalized spacial score (nSPS) is 9.86. The molecule has 0 heterocycles. The predicted molar refractivity (Wildman–Crippen MR) is 54.0 cm³/mol. The second kappa shape index (κ2) is 7.35. The lowest BCUT2D eigenvalue weighted by Gasteiger charge is -2.19. The summed E-state index contributed by atoms with van der Waals surface area (Å²) in [6.45, 7) is 4.82. The van der Waals surface area contributed by atoms with Gasteiger partial charge in [-0.3, -0.25) is 9.59 Å². The SMILES string of the molecule is CCCCC(=O)N(CC)CCC(=O)O. The van der Waals surface area contributed by atoms with Crippen molar-refractivity contribution >= 4 is 11.9 Å². The molecular formula is C10H19NO3. The van der Waals surface area contributed by atoms with Gasteiger partial charge in [0, 0.05) is 19.5 Å². The van der Waals surface area contributed by atoms with Gasteiger partial charge in [0.15, 0.2) is 0 Å². The maximum Gasteiger partial charge on any atom is 0.305 e. The molecule has 4 nitrogen and oxygen atoms in total. The van der Waals surface area contributed by atoms with E-state index in [0.29, 0.717) is 19.5 Å². The van der Waals surface area contributed by atoms with E-state index in [-0.39, 0.29) is 12.3 Å². The van der Waals surface area contributed by atoms with E-state index < -0.39 is 5.97 Å². The zero-order chi connectivity index (χ0) is 11.0. The van der Waals surface area contributed by atoms with Crippen molar-refractivity contribution in [2.45, 2.75) is 39.5 Å². The summed E-state index contributed by atoms with van der Waals surface area (Å²) in [6, 6.07) is 0. The van der Waals surface area contributed by atoms with Gasteiger partial charge in [0.05, 0.1) is 6.42 Å². The van der Waals surface area contributed by atoms with Gasteiger partial charge in [-0.1, -0.05) is 13.3 Å². The van der Waals surface area contributed by atoms with Crippen LogP contribution in [0.5, 0.6) is 0 Å². The van der Waals surface area contributed by atoms with Crippen LogP contribution in [0.15, 0.2) is 0 Å². The van der Waals surface area contributed by atoms with Crippen molar-refractivity contribution in [1.29, 1.82) is 0 Å². The molecule has 0 aromatic rings. The van der Waals surface area contributed by atoms with Gasteiger partial charge in [-0.15, -0.1) is 0 Å². The predicted octanol–water partition coefficient (Wildman–Crippen LogP) is 1.50. The summed E-state index contributed by atoms with van der Waals surface area (Å²) in [5.41, 5.74) is 0. The average molecular weight is 201 g/mol. The van der Waals surface area contributed by atoms with Gasteiger partial charge >= 0.3 is 5.97 Å². The Hall–Kier alpha value is -1.06. The van der Waals surface area contributed by atoms with Gasteiger partial charge in [0.1, 0.15) is 0 Å². The third-order valence-corrected chi connectivity index (χ3v) is 2.07. The highest BCUT2D eigenvalue weighted by Crippen LogP contribution is 2.01. The summed E-state index contributed by atoms with van der Waals surface area (Å²) >= 11 is 0. The number of aliphatic carboxylic acids is 1. The molecule has 0 spiro atoms. The molecule has 4 heteroatoms. The van der Waals surface area contributed by atoms with Crippen LogP contribution in [0.4, 0.5) is 0 Å². The van der Waals surface area contributed by atoms with E-state index in [1.165, 1.54) is 0 Å². The number of carbonyl (C=O) groups is 2. The number of hydrogen-bond acceptors (Lipinski definition) is 2. The largest absolute Gasteiger partial charge is 0.481 e. The first-order chi connectivity index (χ1) is 6.61. The number of carboxylic acids is 1. The van der Waals surface area contributed by atoms with Gasteiger partial charge in [0.25, 0.3) is 0 Å². The minimum atomic E-state index is -0.855. The molecule has 0 bridgehead atoms. The Kier molecular flexibility index (Phi) is 6.80. The van der Waals surface area contributed by atoms with Crippen LogP contribution in [0.3, 0.4) is 0 Å². The Morgan fingerprint density at radius 1 is 1.21 bits per heavy atom. The monoisotopic (exact) mass is 201 g/mol. The Morgan fingerprint density at radius 3 is 2.29 bits per heavy atom. The van der Waals surface area contributed by atoms with Gasteiger partial charge in [0.2, 0.25) is 5.91 Å². The number of unbranched alkanes of at least 4 members (excludes halogenated alkanes) is 1. The summed E-state index contributed by atoms with van der Waals surface area (Å²) in [4.78, 5) is 23.4. The minimum Gasteiger partial charge on any atom is -0.481 e. The number of carboxylic acid groups (broad SMARTS) is 1. The van der Waals surface area contributed by atoms with Crippen molar-refractivity contribution in [3.05, 3.63) is 0 Å². The molecule has 0 aliphatic heterocycles. The molecule has 0 aromatic carbocycles. The molecule has 0 saturated carbocycles. The molecular weight excluding hydrogens is 182 g/mol. The summed E-state index contributed by atoms with van der Waals surface area (Å²) in [5, 5.41) is 8.48. The second-order valence-electron chi connectivity index (χ2n) is 3.22. The quantitative estimate of drug-likeness (QED) is 0.679. The van der Waals surface area contributed by atoms with E-state index in [9.17, 15) is 9.59 Å². The zero-order valence-electron chi connectivity index (χ0n) is 8.95. The van der Waals surface area contributed by atoms with Crippen molar-refractivity contribution in [3.8, 4) is 0 Å². The third-order valence-electron chi connectivity index (χ3n) is 2.07. The van der Waals surface area contributed by atoms with E-state index in [4.69, 9.17) is 5.11 Å². The molecule has 1 amide bonds. The van der Waals surface area contributed by atoms with Crippen LogP contribution < -0.4 is 0 Å². The van der Waals surface area contributed by atoms with Crippen molar-refractivity contribution in [3.63, 3.8) is 0 Å². The fraction of sp³-hybridized carbons (Fsp3) is 0.800. The molecule has 0 radical (unpaired) electrons. The Labute approximate surface area is 84.9 Å². The van der Waals surface area contributed by atoms with E-state index in [1.807, 2.05) is 13.8 Å². The highest BCUT2D eigenvalue weighted by molar-refractivity contribution is 5.76. The average Bonchev–Trinajstić information content (AvgIpc) is 2.15. The van der Waals surface area contributed by atoms with Crippen LogP contribution in [-0.4, -0.2) is 35.0 Å². The third kappa shape index (κ3) is 5.56. The maximum atomic E-state index is 11.5. The number of hydrogen-bond donors (Lipinski definition) is 1. The Bertz CT molecular complexity index is 192. The lowest BCUT2D eigenvalue weighted by atomic mass is 10.2. The number of carbonyl (C=O) groups excluding carboxylic acids is 1. The molecule has 0 saturated heterocycles. The van der Waals surface area contributed by atoms with Crippen LogP contribution in [0.25, 0.3) is 0 Å². The van der Waals surface area contributed by atoms with Crippen LogP contribution in [0, 0.1) is 0 Å². The van der Waals surface area contributed by atoms with Crippen LogP contribution in [0.1, 0.15) is 39.5 Å². The minimum absolute atomic E-state index is 0.0334. The lowest BCUT2D eigenvalue weighted by molar-refractivity contribution is -0.138. The van der Waals surface area contributed by atoms with Gasteiger partial charge in [-0.2, -0.15) is 0 Å². The van der Waals surface area contributed by atoms with Crippen LogP contribution >= 0.6 is 0 Å². The molecule has 1 N–H and O–H groups in total. The van der Waals surface area contributed by atoms with Crippen LogP contribution in [-0.2, 0) is 9.59 Å². The van der Waals surface area contributed by atoms with Crippen molar-refractivity contribution in [2.24, 2.45) is 0 Å². The highest BCUT2D eigenvalue weighted by Gasteiger charge is 2.11. The Balaban J connectivity index is 3.86. The first-order valence-corrected chi connectivity index (χ1v) is 5.11. The smallest absolute Gasteiger partial charge is 0.305 e. The fourth-order valence-corrected chi connectivity index (χ4v) is 1.18. The fourth-order valence-electron chi connectivity index (χ4n) is 1.18. The second-order valence-corrected chi connectivity index (χ2v) is 3.22. The molecule has 0 aromatic heterocycles. The highest BCUT2D eigenvalue weighted by atomic mass is 16.4. The van der Waals surface area contributed by atoms with Gasteiger partial charge in [-0.25, -0.2) is 0 Å². The molecule has 0 atom stereocenters. The van der Waals surface area contributed by atoms with Gasteiger partial charge < -0.3 is 10.0 Å². The molecule has 0 aliphatic carbocycles. The van der Waals surface area contributed by atoms with E-state index in [0.717, 1.165) is 12.8 Å². The summed E-state index contributed by atoms with van der Waals surface area (Å²) < 4.78 is 0. The number of amides is 1. The lowest BCUT2D eigenvalue weighted by Crippen LogP contribution is -2.32.